The van der Waals surface area contributed by atoms with Gasteiger partial charge in [-0.05, 0) is 31.5 Å². The summed E-state index contributed by atoms with van der Waals surface area (Å²) in [5.41, 5.74) is 0.889. The molecular formula is C20H20N4O6S. The number of ether oxygens (including phenoxy) is 2. The largest absolute Gasteiger partial charge is 0.504 e. The highest BCUT2D eigenvalue weighted by Gasteiger charge is 2.28. The van der Waals surface area contributed by atoms with Gasteiger partial charge in [-0.1, -0.05) is 17.7 Å². The number of aromatic nitrogens is 4. The van der Waals surface area contributed by atoms with Crippen LogP contribution in [0.15, 0.2) is 45.0 Å². The third kappa shape index (κ3) is 3.51. The third-order valence-corrected chi connectivity index (χ3v) is 6.65. The molecule has 0 aliphatic heterocycles. The van der Waals surface area contributed by atoms with E-state index in [1.165, 1.54) is 29.8 Å². The summed E-state index contributed by atoms with van der Waals surface area (Å²) in [6.45, 7) is 4.03. The van der Waals surface area contributed by atoms with Gasteiger partial charge >= 0.3 is 0 Å². The van der Waals surface area contributed by atoms with Crippen LogP contribution < -0.4 is 10.3 Å². The van der Waals surface area contributed by atoms with Crippen molar-refractivity contribution < 1.29 is 23.0 Å². The summed E-state index contributed by atoms with van der Waals surface area (Å²) in [5, 5.41) is 16.4. The Morgan fingerprint density at radius 3 is 2.65 bits per heavy atom. The number of H-pyrrole nitrogens is 1. The minimum atomic E-state index is -4.05. The lowest BCUT2D eigenvalue weighted by atomic mass is 10.2. The number of hydrogen-bond donors (Lipinski definition) is 2. The highest BCUT2D eigenvalue weighted by atomic mass is 32.2. The number of methoxy groups -OCH3 is 1. The normalized spacial score (nSPS) is 12.0. The predicted molar refractivity (Wildman–Crippen MR) is 112 cm³/mol. The SMILES string of the molecule is COCCOc1cc2c(cc1O)c(=O)nc1c(S(=O)(=O)c3ccc(C)cc3C)n[nH]n12. The van der Waals surface area contributed by atoms with Gasteiger partial charge in [-0.25, -0.2) is 18.1 Å². The van der Waals surface area contributed by atoms with Crippen LogP contribution in [-0.2, 0) is 14.6 Å². The highest BCUT2D eigenvalue weighted by Crippen LogP contribution is 2.31. The molecule has 2 aromatic heterocycles. The maximum atomic E-state index is 13.3. The zero-order valence-corrected chi connectivity index (χ0v) is 17.9. The van der Waals surface area contributed by atoms with Crippen LogP contribution in [0.3, 0.4) is 0 Å². The Balaban J connectivity index is 1.93. The number of hydrogen-bond acceptors (Lipinski definition) is 8. The number of aryl methyl sites for hydroxylation is 2. The molecule has 4 rings (SSSR count). The molecule has 0 aliphatic carbocycles. The van der Waals surface area contributed by atoms with Gasteiger partial charge in [0.05, 0.1) is 22.4 Å². The van der Waals surface area contributed by atoms with E-state index in [4.69, 9.17) is 9.47 Å². The van der Waals surface area contributed by atoms with E-state index in [2.05, 4.69) is 15.3 Å². The van der Waals surface area contributed by atoms with Gasteiger partial charge in [0, 0.05) is 13.2 Å². The molecule has 2 heterocycles. The lowest BCUT2D eigenvalue weighted by Crippen LogP contribution is -2.13. The molecule has 0 aliphatic rings. The van der Waals surface area contributed by atoms with Crippen molar-refractivity contribution >= 4 is 26.4 Å². The molecule has 0 saturated carbocycles. The fourth-order valence-electron chi connectivity index (χ4n) is 3.36. The Bertz CT molecular complexity index is 1470. The predicted octanol–water partition coefficient (Wildman–Crippen LogP) is 1.75. The van der Waals surface area contributed by atoms with Crippen molar-refractivity contribution in [2.24, 2.45) is 0 Å². The second-order valence-corrected chi connectivity index (χ2v) is 8.88. The van der Waals surface area contributed by atoms with Gasteiger partial charge in [-0.2, -0.15) is 4.98 Å². The van der Waals surface area contributed by atoms with E-state index in [1.807, 2.05) is 6.92 Å². The number of sulfone groups is 1. The van der Waals surface area contributed by atoms with Gasteiger partial charge in [-0.15, -0.1) is 5.10 Å². The maximum absolute atomic E-state index is 13.3. The third-order valence-electron chi connectivity index (χ3n) is 4.83. The molecule has 0 bridgehead atoms. The Hall–Kier alpha value is -3.44. The number of rotatable bonds is 6. The van der Waals surface area contributed by atoms with Gasteiger partial charge in [0.2, 0.25) is 14.9 Å². The van der Waals surface area contributed by atoms with E-state index >= 15 is 0 Å². The van der Waals surface area contributed by atoms with E-state index in [9.17, 15) is 18.3 Å². The lowest BCUT2D eigenvalue weighted by Gasteiger charge is -2.09. The minimum absolute atomic E-state index is 0.0770. The fourth-order valence-corrected chi connectivity index (χ4v) is 4.84. The molecule has 162 valence electrons. The molecule has 0 unspecified atom stereocenters. The first-order valence-electron chi connectivity index (χ1n) is 9.32. The summed E-state index contributed by atoms with van der Waals surface area (Å²) in [7, 11) is -2.54. The van der Waals surface area contributed by atoms with E-state index < -0.39 is 15.4 Å². The monoisotopic (exact) mass is 444 g/mol. The van der Waals surface area contributed by atoms with Crippen LogP contribution in [0.2, 0.25) is 0 Å². The van der Waals surface area contributed by atoms with E-state index in [0.29, 0.717) is 12.2 Å². The van der Waals surface area contributed by atoms with E-state index in [0.717, 1.165) is 5.56 Å². The molecule has 0 fully saturated rings. The fraction of sp³-hybridized carbons (Fsp3) is 0.250. The topological polar surface area (TPSA) is 136 Å². The van der Waals surface area contributed by atoms with Gasteiger partial charge in [0.25, 0.3) is 5.56 Å². The van der Waals surface area contributed by atoms with Gasteiger partial charge in [0.1, 0.15) is 6.61 Å². The van der Waals surface area contributed by atoms with Crippen molar-refractivity contribution in [1.82, 2.24) is 19.8 Å². The Kier molecular flexibility index (Phi) is 5.15. The van der Waals surface area contributed by atoms with Crippen molar-refractivity contribution in [1.29, 1.82) is 0 Å². The van der Waals surface area contributed by atoms with Crippen molar-refractivity contribution in [3.05, 3.63) is 51.8 Å². The average Bonchev–Trinajstić information content (AvgIpc) is 3.13. The van der Waals surface area contributed by atoms with E-state index in [-0.39, 0.29) is 44.6 Å². The molecule has 0 atom stereocenters. The smallest absolute Gasteiger partial charge is 0.281 e. The standard InChI is InChI=1S/C20H20N4O6S/c1-11-4-5-17(12(2)8-11)31(27,28)20-18-21-19(26)13-9-15(25)16(30-7-6-29-3)10-14(13)24(18)23-22-20/h4-5,8-10,23,25H,6-7H2,1-3H3. The van der Waals surface area contributed by atoms with Crippen LogP contribution >= 0.6 is 0 Å². The number of phenols is 1. The van der Waals surface area contributed by atoms with Crippen LogP contribution in [0.5, 0.6) is 11.5 Å². The minimum Gasteiger partial charge on any atom is -0.504 e. The summed E-state index contributed by atoms with van der Waals surface area (Å²) in [5.74, 6) is -0.137. The first-order chi connectivity index (χ1) is 14.7. The summed E-state index contributed by atoms with van der Waals surface area (Å²) < 4.78 is 38.2. The van der Waals surface area contributed by atoms with Gasteiger partial charge in [0.15, 0.2) is 17.1 Å². The second-order valence-electron chi connectivity index (χ2n) is 7.04. The van der Waals surface area contributed by atoms with Crippen molar-refractivity contribution in [2.45, 2.75) is 23.8 Å². The van der Waals surface area contributed by atoms with Crippen LogP contribution in [0.25, 0.3) is 16.6 Å². The maximum Gasteiger partial charge on any atom is 0.281 e. The summed E-state index contributed by atoms with van der Waals surface area (Å²) in [4.78, 5) is 16.6. The number of nitrogens with zero attached hydrogens (tertiary/aromatic N) is 3. The highest BCUT2D eigenvalue weighted by molar-refractivity contribution is 7.91. The van der Waals surface area contributed by atoms with E-state index in [1.54, 1.807) is 19.1 Å². The van der Waals surface area contributed by atoms with Crippen molar-refractivity contribution in [2.75, 3.05) is 20.3 Å². The van der Waals surface area contributed by atoms with Crippen LogP contribution in [0, 0.1) is 13.8 Å². The Morgan fingerprint density at radius 1 is 1.16 bits per heavy atom. The summed E-state index contributed by atoms with van der Waals surface area (Å²) >= 11 is 0. The molecule has 10 nitrogen and oxygen atoms in total. The second kappa shape index (κ2) is 7.67. The molecule has 0 saturated heterocycles. The number of phenolic OH excluding ortho intramolecular Hbond substituents is 1. The van der Waals surface area contributed by atoms with Crippen LogP contribution in [0.4, 0.5) is 0 Å². The lowest BCUT2D eigenvalue weighted by molar-refractivity contribution is 0.144. The quantitative estimate of drug-likeness (QED) is 0.429. The molecule has 0 radical (unpaired) electrons. The number of aromatic amines is 1. The first-order valence-corrected chi connectivity index (χ1v) is 10.8. The Labute approximate surface area is 177 Å². The average molecular weight is 444 g/mol. The summed E-state index contributed by atoms with van der Waals surface area (Å²) in [6, 6.07) is 7.59. The zero-order chi connectivity index (χ0) is 22.3. The summed E-state index contributed by atoms with van der Waals surface area (Å²) in [6.07, 6.45) is 0. The van der Waals surface area contributed by atoms with Crippen LogP contribution in [-0.4, -0.2) is 53.7 Å². The molecule has 4 aromatic rings. The first kappa shape index (κ1) is 20.8. The molecule has 0 spiro atoms. The molecule has 2 aromatic carbocycles. The Morgan fingerprint density at radius 2 is 1.94 bits per heavy atom. The number of fused-ring (bicyclic) bond motifs is 3. The van der Waals surface area contributed by atoms with Crippen molar-refractivity contribution in [3.63, 3.8) is 0 Å². The van der Waals surface area contributed by atoms with Gasteiger partial charge in [-0.3, -0.25) is 4.79 Å². The molecule has 11 heteroatoms. The molecular weight excluding hydrogens is 424 g/mol. The number of benzene rings is 2. The van der Waals surface area contributed by atoms with Crippen molar-refractivity contribution in [3.8, 4) is 11.5 Å². The van der Waals surface area contributed by atoms with Gasteiger partial charge < -0.3 is 14.6 Å². The molecule has 2 N–H and O–H groups in total. The zero-order valence-electron chi connectivity index (χ0n) is 17.0. The van der Waals surface area contributed by atoms with Crippen LogP contribution in [0.1, 0.15) is 11.1 Å². The number of aromatic hydroxyl groups is 1. The molecule has 0 amide bonds. The number of nitrogens with one attached hydrogen (secondary N) is 1. The molecule has 31 heavy (non-hydrogen) atoms.